The van der Waals surface area contributed by atoms with E-state index in [1.54, 1.807) is 6.20 Å². The van der Waals surface area contributed by atoms with E-state index in [1.807, 2.05) is 44.2 Å². The zero-order valence-corrected chi connectivity index (χ0v) is 12.8. The van der Waals surface area contributed by atoms with Gasteiger partial charge in [0.05, 0.1) is 0 Å². The Bertz CT molecular complexity index is 665. The first kappa shape index (κ1) is 14.5. The number of nitrogens with zero attached hydrogens (tertiary/aromatic N) is 2. The van der Waals surface area contributed by atoms with Crippen LogP contribution in [0.2, 0.25) is 0 Å². The van der Waals surface area contributed by atoms with Gasteiger partial charge in [0.25, 0.3) is 0 Å². The minimum absolute atomic E-state index is 0.0496. The zero-order chi connectivity index (χ0) is 15.5. The van der Waals surface area contributed by atoms with Gasteiger partial charge in [-0.05, 0) is 57.0 Å². The van der Waals surface area contributed by atoms with E-state index in [2.05, 4.69) is 20.6 Å². The first-order chi connectivity index (χ1) is 10.6. The lowest BCUT2D eigenvalue weighted by atomic mass is 10.1. The molecule has 1 aliphatic rings. The average Bonchev–Trinajstić information content (AvgIpc) is 3.32. The summed E-state index contributed by atoms with van der Waals surface area (Å²) in [4.78, 5) is 20.6. The summed E-state index contributed by atoms with van der Waals surface area (Å²) in [7, 11) is 0. The average molecular weight is 296 g/mol. The first-order valence-corrected chi connectivity index (χ1v) is 7.59. The van der Waals surface area contributed by atoms with Gasteiger partial charge in [0.1, 0.15) is 6.04 Å². The Morgan fingerprint density at radius 1 is 1.23 bits per heavy atom. The number of carbonyl (C=O) groups excluding carboxylic acids is 1. The molecule has 114 valence electrons. The lowest BCUT2D eigenvalue weighted by molar-refractivity contribution is -0.121. The normalized spacial score (nSPS) is 15.2. The zero-order valence-electron chi connectivity index (χ0n) is 12.8. The largest absolute Gasteiger partial charge is 0.374 e. The second kappa shape index (κ2) is 6.13. The van der Waals surface area contributed by atoms with E-state index >= 15 is 0 Å². The molecule has 1 fully saturated rings. The second-order valence-electron chi connectivity index (χ2n) is 5.75. The molecule has 5 heteroatoms. The van der Waals surface area contributed by atoms with Crippen molar-refractivity contribution in [3.05, 3.63) is 42.2 Å². The molecular formula is C17H20N4O. The number of aromatic nitrogens is 2. The standard InChI is InChI=1S/C17H20N4O/c1-11-9-10-18-16(19-11)13-3-5-14(6-4-13)20-12(2)17(22)21-15-7-8-15/h3-6,9-10,12,15,20H,7-8H2,1-2H3,(H,21,22). The van der Waals surface area contributed by atoms with Crippen LogP contribution in [0.3, 0.4) is 0 Å². The van der Waals surface area contributed by atoms with Gasteiger partial charge in [-0.15, -0.1) is 0 Å². The molecule has 1 saturated carbocycles. The molecule has 1 unspecified atom stereocenters. The second-order valence-corrected chi connectivity index (χ2v) is 5.75. The van der Waals surface area contributed by atoms with Crippen molar-refractivity contribution in [2.75, 3.05) is 5.32 Å². The third-order valence-electron chi connectivity index (χ3n) is 3.64. The Kier molecular flexibility index (Phi) is 4.04. The molecule has 2 N–H and O–H groups in total. The summed E-state index contributed by atoms with van der Waals surface area (Å²) in [5.74, 6) is 0.764. The number of amides is 1. The summed E-state index contributed by atoms with van der Waals surface area (Å²) in [6.07, 6.45) is 3.96. The maximum Gasteiger partial charge on any atom is 0.242 e. The van der Waals surface area contributed by atoms with E-state index < -0.39 is 0 Å². The fourth-order valence-electron chi connectivity index (χ4n) is 2.17. The number of hydrogen-bond donors (Lipinski definition) is 2. The predicted molar refractivity (Wildman–Crippen MR) is 86.5 cm³/mol. The van der Waals surface area contributed by atoms with Crippen LogP contribution < -0.4 is 10.6 Å². The van der Waals surface area contributed by atoms with Gasteiger partial charge >= 0.3 is 0 Å². The van der Waals surface area contributed by atoms with Gasteiger partial charge in [0.15, 0.2) is 5.82 Å². The van der Waals surface area contributed by atoms with Crippen molar-refractivity contribution < 1.29 is 4.79 Å². The van der Waals surface area contributed by atoms with Crippen molar-refractivity contribution in [3.63, 3.8) is 0 Å². The number of anilines is 1. The highest BCUT2D eigenvalue weighted by Gasteiger charge is 2.25. The van der Waals surface area contributed by atoms with Crippen LogP contribution in [0.5, 0.6) is 0 Å². The van der Waals surface area contributed by atoms with Crippen molar-refractivity contribution >= 4 is 11.6 Å². The molecule has 1 aromatic heterocycles. The van der Waals surface area contributed by atoms with Gasteiger partial charge in [-0.3, -0.25) is 4.79 Å². The quantitative estimate of drug-likeness (QED) is 0.890. The molecule has 1 amide bonds. The molecule has 1 heterocycles. The highest BCUT2D eigenvalue weighted by Crippen LogP contribution is 2.20. The fraction of sp³-hybridized carbons (Fsp3) is 0.353. The monoisotopic (exact) mass is 296 g/mol. The minimum atomic E-state index is -0.248. The van der Waals surface area contributed by atoms with E-state index in [4.69, 9.17) is 0 Å². The van der Waals surface area contributed by atoms with Gasteiger partial charge in [0.2, 0.25) is 5.91 Å². The van der Waals surface area contributed by atoms with Crippen LogP contribution in [-0.4, -0.2) is 28.0 Å². The summed E-state index contributed by atoms with van der Waals surface area (Å²) in [6.45, 7) is 3.82. The molecule has 0 saturated heterocycles. The molecule has 5 nitrogen and oxygen atoms in total. The van der Waals surface area contributed by atoms with Crippen molar-refractivity contribution in [3.8, 4) is 11.4 Å². The van der Waals surface area contributed by atoms with Crippen molar-refractivity contribution in [1.82, 2.24) is 15.3 Å². The molecule has 22 heavy (non-hydrogen) atoms. The summed E-state index contributed by atoms with van der Waals surface area (Å²) in [5.41, 5.74) is 2.82. The Balaban J connectivity index is 1.64. The predicted octanol–water partition coefficient (Wildman–Crippen LogP) is 2.53. The number of rotatable bonds is 5. The van der Waals surface area contributed by atoms with Gasteiger partial charge < -0.3 is 10.6 Å². The van der Waals surface area contributed by atoms with Crippen LogP contribution in [-0.2, 0) is 4.79 Å². The van der Waals surface area contributed by atoms with Crippen LogP contribution in [0.4, 0.5) is 5.69 Å². The number of aryl methyl sites for hydroxylation is 1. The molecule has 0 bridgehead atoms. The summed E-state index contributed by atoms with van der Waals surface area (Å²) in [5, 5.41) is 6.21. The number of nitrogens with one attached hydrogen (secondary N) is 2. The Hall–Kier alpha value is -2.43. The van der Waals surface area contributed by atoms with E-state index in [1.165, 1.54) is 0 Å². The lowest BCUT2D eigenvalue weighted by Gasteiger charge is -2.15. The lowest BCUT2D eigenvalue weighted by Crippen LogP contribution is -2.38. The van der Waals surface area contributed by atoms with Crippen molar-refractivity contribution in [2.24, 2.45) is 0 Å². The summed E-state index contributed by atoms with van der Waals surface area (Å²) in [6, 6.07) is 9.83. The van der Waals surface area contributed by atoms with Crippen molar-refractivity contribution in [2.45, 2.75) is 38.8 Å². The molecule has 2 aromatic rings. The van der Waals surface area contributed by atoms with Gasteiger partial charge in [-0.25, -0.2) is 9.97 Å². The summed E-state index contributed by atoms with van der Waals surface area (Å²) < 4.78 is 0. The van der Waals surface area contributed by atoms with Crippen LogP contribution in [0.1, 0.15) is 25.5 Å². The highest BCUT2D eigenvalue weighted by molar-refractivity contribution is 5.84. The van der Waals surface area contributed by atoms with Crippen LogP contribution >= 0.6 is 0 Å². The number of benzene rings is 1. The molecule has 3 rings (SSSR count). The Labute approximate surface area is 130 Å². The topological polar surface area (TPSA) is 66.9 Å². The number of hydrogen-bond acceptors (Lipinski definition) is 4. The number of carbonyl (C=O) groups is 1. The first-order valence-electron chi connectivity index (χ1n) is 7.59. The highest BCUT2D eigenvalue weighted by atomic mass is 16.2. The van der Waals surface area contributed by atoms with E-state index in [0.717, 1.165) is 29.8 Å². The van der Waals surface area contributed by atoms with Gasteiger partial charge in [0, 0.05) is 29.2 Å². The third kappa shape index (κ3) is 3.61. The molecular weight excluding hydrogens is 276 g/mol. The SMILES string of the molecule is Cc1ccnc(-c2ccc(NC(C)C(=O)NC3CC3)cc2)n1. The molecule has 0 spiro atoms. The molecule has 1 aliphatic carbocycles. The van der Waals surface area contributed by atoms with E-state index in [-0.39, 0.29) is 11.9 Å². The van der Waals surface area contributed by atoms with E-state index in [9.17, 15) is 4.79 Å². The maximum atomic E-state index is 11.9. The maximum absolute atomic E-state index is 11.9. The molecule has 1 atom stereocenters. The van der Waals surface area contributed by atoms with Crippen LogP contribution in [0, 0.1) is 6.92 Å². The van der Waals surface area contributed by atoms with E-state index in [0.29, 0.717) is 11.9 Å². The van der Waals surface area contributed by atoms with Gasteiger partial charge in [-0.2, -0.15) is 0 Å². The minimum Gasteiger partial charge on any atom is -0.374 e. The Morgan fingerprint density at radius 3 is 2.59 bits per heavy atom. The Morgan fingerprint density at radius 2 is 1.95 bits per heavy atom. The van der Waals surface area contributed by atoms with Crippen LogP contribution in [0.15, 0.2) is 36.5 Å². The van der Waals surface area contributed by atoms with Crippen molar-refractivity contribution in [1.29, 1.82) is 0 Å². The summed E-state index contributed by atoms with van der Waals surface area (Å²) >= 11 is 0. The molecule has 1 aromatic carbocycles. The molecule has 0 aliphatic heterocycles. The van der Waals surface area contributed by atoms with Crippen LogP contribution in [0.25, 0.3) is 11.4 Å². The molecule has 0 radical (unpaired) electrons. The third-order valence-corrected chi connectivity index (χ3v) is 3.64. The fourth-order valence-corrected chi connectivity index (χ4v) is 2.17. The van der Waals surface area contributed by atoms with Gasteiger partial charge in [-0.1, -0.05) is 0 Å². The smallest absolute Gasteiger partial charge is 0.242 e.